The third-order valence-electron chi connectivity index (χ3n) is 2.94. The lowest BCUT2D eigenvalue weighted by Gasteiger charge is -2.06. The van der Waals surface area contributed by atoms with Gasteiger partial charge in [-0.3, -0.25) is 0 Å². The molecule has 2 N–H and O–H groups in total. The first-order valence-electron chi connectivity index (χ1n) is 7.22. The molecule has 0 radical (unpaired) electrons. The van der Waals surface area contributed by atoms with E-state index in [1.165, 1.54) is 5.56 Å². The maximum Gasteiger partial charge on any atom is 0.223 e. The topological polar surface area (TPSA) is 49.8 Å². The zero-order valence-electron chi connectivity index (χ0n) is 12.6. The summed E-state index contributed by atoms with van der Waals surface area (Å²) in [6.45, 7) is 6.49. The molecule has 4 heteroatoms. The summed E-state index contributed by atoms with van der Waals surface area (Å²) in [6, 6.07) is 12.3. The summed E-state index contributed by atoms with van der Waals surface area (Å²) in [6.07, 6.45) is 4.25. The van der Waals surface area contributed by atoms with E-state index in [1.807, 2.05) is 38.1 Å². The van der Waals surface area contributed by atoms with Crippen LogP contribution in [0.3, 0.4) is 0 Å². The van der Waals surface area contributed by atoms with Crippen molar-refractivity contribution in [2.75, 3.05) is 25.0 Å². The summed E-state index contributed by atoms with van der Waals surface area (Å²) < 4.78 is 0. The second kappa shape index (κ2) is 8.17. The molecule has 0 atom stereocenters. The Morgan fingerprint density at radius 2 is 1.71 bits per heavy atom. The van der Waals surface area contributed by atoms with Crippen molar-refractivity contribution in [3.05, 3.63) is 59.4 Å². The van der Waals surface area contributed by atoms with Gasteiger partial charge in [0.25, 0.3) is 0 Å². The van der Waals surface area contributed by atoms with Crippen molar-refractivity contribution in [3.63, 3.8) is 0 Å². The molecule has 0 unspecified atom stereocenters. The van der Waals surface area contributed by atoms with Gasteiger partial charge in [-0.05, 0) is 25.5 Å². The molecule has 0 amide bonds. The first-order valence-corrected chi connectivity index (χ1v) is 7.22. The summed E-state index contributed by atoms with van der Waals surface area (Å²) in [5, 5.41) is 6.58. The molecule has 0 spiro atoms. The minimum absolute atomic E-state index is 0.703. The number of nitrogens with one attached hydrogen (secondary N) is 2. The van der Waals surface area contributed by atoms with Crippen molar-refractivity contribution in [1.82, 2.24) is 15.3 Å². The van der Waals surface area contributed by atoms with E-state index in [2.05, 4.69) is 44.9 Å². The standard InChI is InChI=1S/C17H22N4/c1-14-13-15(2)21-17(20-14)19-12-11-18-10-6-9-16-7-4-3-5-8-16/h3-9,13,18H,10-12H2,1-2H3,(H,19,20,21)/b9-6+. The van der Waals surface area contributed by atoms with Crippen LogP contribution in [0.2, 0.25) is 0 Å². The molecule has 0 saturated heterocycles. The molecule has 0 fully saturated rings. The number of anilines is 1. The summed E-state index contributed by atoms with van der Waals surface area (Å²) in [5.74, 6) is 0.703. The molecule has 2 rings (SSSR count). The zero-order chi connectivity index (χ0) is 14.9. The molecular weight excluding hydrogens is 260 g/mol. The minimum atomic E-state index is 0.703. The molecule has 0 saturated carbocycles. The quantitative estimate of drug-likeness (QED) is 0.767. The van der Waals surface area contributed by atoms with E-state index < -0.39 is 0 Å². The Bertz CT molecular complexity index is 558. The predicted molar refractivity (Wildman–Crippen MR) is 88.3 cm³/mol. The number of hydrogen-bond acceptors (Lipinski definition) is 4. The molecule has 0 aliphatic carbocycles. The van der Waals surface area contributed by atoms with Gasteiger partial charge in [-0.15, -0.1) is 0 Å². The molecule has 2 aromatic rings. The van der Waals surface area contributed by atoms with Crippen LogP contribution in [-0.4, -0.2) is 29.6 Å². The Hall–Kier alpha value is -2.20. The summed E-state index contributed by atoms with van der Waals surface area (Å²) in [7, 11) is 0. The fourth-order valence-electron chi connectivity index (χ4n) is 2.01. The molecule has 4 nitrogen and oxygen atoms in total. The van der Waals surface area contributed by atoms with Crippen LogP contribution in [0, 0.1) is 13.8 Å². The van der Waals surface area contributed by atoms with Crippen LogP contribution < -0.4 is 10.6 Å². The second-order valence-corrected chi connectivity index (χ2v) is 4.92. The van der Waals surface area contributed by atoms with Gasteiger partial charge in [-0.25, -0.2) is 9.97 Å². The second-order valence-electron chi connectivity index (χ2n) is 4.92. The summed E-state index contributed by atoms with van der Waals surface area (Å²) in [4.78, 5) is 8.69. The largest absolute Gasteiger partial charge is 0.353 e. The van der Waals surface area contributed by atoms with E-state index in [1.54, 1.807) is 0 Å². The Kier molecular flexibility index (Phi) is 5.91. The lowest BCUT2D eigenvalue weighted by molar-refractivity contribution is 0.767. The lowest BCUT2D eigenvalue weighted by Crippen LogP contribution is -2.23. The molecule has 0 aliphatic rings. The number of hydrogen-bond donors (Lipinski definition) is 2. The van der Waals surface area contributed by atoms with Gasteiger partial charge in [0.05, 0.1) is 0 Å². The first-order chi connectivity index (χ1) is 10.2. The Morgan fingerprint density at radius 3 is 2.43 bits per heavy atom. The zero-order valence-corrected chi connectivity index (χ0v) is 12.6. The van der Waals surface area contributed by atoms with Crippen LogP contribution in [0.15, 0.2) is 42.5 Å². The lowest BCUT2D eigenvalue weighted by atomic mass is 10.2. The molecule has 1 aromatic carbocycles. The Labute approximate surface area is 126 Å². The van der Waals surface area contributed by atoms with Crippen molar-refractivity contribution in [2.24, 2.45) is 0 Å². The number of benzene rings is 1. The van der Waals surface area contributed by atoms with Gasteiger partial charge in [0.15, 0.2) is 0 Å². The number of aryl methyl sites for hydroxylation is 2. The minimum Gasteiger partial charge on any atom is -0.353 e. The molecular formula is C17H22N4. The van der Waals surface area contributed by atoms with E-state index >= 15 is 0 Å². The monoisotopic (exact) mass is 282 g/mol. The van der Waals surface area contributed by atoms with E-state index in [9.17, 15) is 0 Å². The third-order valence-corrected chi connectivity index (χ3v) is 2.94. The van der Waals surface area contributed by atoms with Crippen molar-refractivity contribution in [1.29, 1.82) is 0 Å². The fraction of sp³-hybridized carbons (Fsp3) is 0.294. The average molecular weight is 282 g/mol. The SMILES string of the molecule is Cc1cc(C)nc(NCCNC/C=C/c2ccccc2)n1. The van der Waals surface area contributed by atoms with Crippen LogP contribution in [-0.2, 0) is 0 Å². The van der Waals surface area contributed by atoms with Crippen LogP contribution in [0.5, 0.6) is 0 Å². The first kappa shape index (κ1) is 15.2. The van der Waals surface area contributed by atoms with Crippen LogP contribution in [0.25, 0.3) is 6.08 Å². The maximum atomic E-state index is 4.34. The molecule has 1 aromatic heterocycles. The van der Waals surface area contributed by atoms with Crippen LogP contribution >= 0.6 is 0 Å². The van der Waals surface area contributed by atoms with E-state index in [0.29, 0.717) is 5.95 Å². The van der Waals surface area contributed by atoms with Gasteiger partial charge in [-0.2, -0.15) is 0 Å². The van der Waals surface area contributed by atoms with Gasteiger partial charge < -0.3 is 10.6 Å². The molecule has 21 heavy (non-hydrogen) atoms. The van der Waals surface area contributed by atoms with E-state index in [0.717, 1.165) is 31.0 Å². The highest BCUT2D eigenvalue weighted by Gasteiger charge is 1.97. The fourth-order valence-corrected chi connectivity index (χ4v) is 2.01. The highest BCUT2D eigenvalue weighted by molar-refractivity contribution is 5.48. The van der Waals surface area contributed by atoms with E-state index in [4.69, 9.17) is 0 Å². The molecule has 110 valence electrons. The van der Waals surface area contributed by atoms with E-state index in [-0.39, 0.29) is 0 Å². The molecule has 1 heterocycles. The molecule has 0 aliphatic heterocycles. The third kappa shape index (κ3) is 5.75. The number of aromatic nitrogens is 2. The van der Waals surface area contributed by atoms with Crippen molar-refractivity contribution < 1.29 is 0 Å². The van der Waals surface area contributed by atoms with Crippen molar-refractivity contribution in [3.8, 4) is 0 Å². The summed E-state index contributed by atoms with van der Waals surface area (Å²) in [5.41, 5.74) is 3.20. The van der Waals surface area contributed by atoms with Gasteiger partial charge in [0, 0.05) is 31.0 Å². The van der Waals surface area contributed by atoms with Crippen molar-refractivity contribution >= 4 is 12.0 Å². The number of nitrogens with zero attached hydrogens (tertiary/aromatic N) is 2. The smallest absolute Gasteiger partial charge is 0.223 e. The normalized spacial score (nSPS) is 11.0. The van der Waals surface area contributed by atoms with Gasteiger partial charge >= 0.3 is 0 Å². The van der Waals surface area contributed by atoms with Gasteiger partial charge in [0.2, 0.25) is 5.95 Å². The van der Waals surface area contributed by atoms with Crippen molar-refractivity contribution in [2.45, 2.75) is 13.8 Å². The van der Waals surface area contributed by atoms with Gasteiger partial charge in [-0.1, -0.05) is 42.5 Å². The average Bonchev–Trinajstić information content (AvgIpc) is 2.46. The maximum absolute atomic E-state index is 4.34. The predicted octanol–water partition coefficient (Wildman–Crippen LogP) is 2.81. The highest BCUT2D eigenvalue weighted by Crippen LogP contribution is 2.02. The van der Waals surface area contributed by atoms with Crippen LogP contribution in [0.4, 0.5) is 5.95 Å². The van der Waals surface area contributed by atoms with Crippen LogP contribution in [0.1, 0.15) is 17.0 Å². The Balaban J connectivity index is 1.63. The highest BCUT2D eigenvalue weighted by atomic mass is 15.1. The summed E-state index contributed by atoms with van der Waals surface area (Å²) >= 11 is 0. The van der Waals surface area contributed by atoms with Gasteiger partial charge in [0.1, 0.15) is 0 Å². The number of rotatable bonds is 7. The Morgan fingerprint density at radius 1 is 1.00 bits per heavy atom. The molecule has 0 bridgehead atoms.